The lowest BCUT2D eigenvalue weighted by Crippen LogP contribution is -2.53. The Hall–Kier alpha value is -3.85. The highest BCUT2D eigenvalue weighted by molar-refractivity contribution is 7.92. The summed E-state index contributed by atoms with van der Waals surface area (Å²) in [6.45, 7) is 5.24. The molecule has 0 unspecified atom stereocenters. The molecule has 3 aromatic carbocycles. The van der Waals surface area contributed by atoms with E-state index in [9.17, 15) is 18.0 Å². The number of benzene rings is 3. The minimum Gasteiger partial charge on any atom is -0.497 e. The number of nitrogens with zero attached hydrogens (tertiary/aromatic N) is 2. The van der Waals surface area contributed by atoms with Crippen LogP contribution in [0.1, 0.15) is 55.7 Å². The van der Waals surface area contributed by atoms with Crippen LogP contribution in [0.2, 0.25) is 0 Å². The molecule has 0 aromatic heterocycles. The van der Waals surface area contributed by atoms with Crippen LogP contribution in [-0.2, 0) is 26.2 Å². The molecule has 4 rings (SSSR count). The van der Waals surface area contributed by atoms with E-state index in [1.54, 1.807) is 31.4 Å². The van der Waals surface area contributed by atoms with Crippen molar-refractivity contribution >= 4 is 27.5 Å². The summed E-state index contributed by atoms with van der Waals surface area (Å²) in [6.07, 6.45) is 4.35. The lowest BCUT2D eigenvalue weighted by Gasteiger charge is -2.34. The third-order valence-corrected chi connectivity index (χ3v) is 9.59. The first-order chi connectivity index (χ1) is 20.1. The minimum atomic E-state index is -4.11. The molecule has 0 bridgehead atoms. The number of hydrogen-bond donors (Lipinski definition) is 1. The van der Waals surface area contributed by atoms with Crippen molar-refractivity contribution < 1.29 is 22.7 Å². The number of rotatable bonds is 12. The van der Waals surface area contributed by atoms with E-state index in [1.165, 1.54) is 21.3 Å². The Morgan fingerprint density at radius 2 is 1.69 bits per heavy atom. The van der Waals surface area contributed by atoms with E-state index < -0.39 is 28.5 Å². The van der Waals surface area contributed by atoms with Crippen molar-refractivity contribution in [1.29, 1.82) is 0 Å². The summed E-state index contributed by atoms with van der Waals surface area (Å²) in [4.78, 5) is 29.5. The highest BCUT2D eigenvalue weighted by Crippen LogP contribution is 2.29. The molecule has 0 heterocycles. The van der Waals surface area contributed by atoms with Crippen molar-refractivity contribution in [2.24, 2.45) is 0 Å². The van der Waals surface area contributed by atoms with Crippen LogP contribution in [-0.4, -0.2) is 50.9 Å². The minimum absolute atomic E-state index is 0.0871. The van der Waals surface area contributed by atoms with Crippen molar-refractivity contribution in [3.05, 3.63) is 89.5 Å². The summed E-state index contributed by atoms with van der Waals surface area (Å²) >= 11 is 0. The molecule has 2 amide bonds. The summed E-state index contributed by atoms with van der Waals surface area (Å²) in [6, 6.07) is 20.3. The summed E-state index contributed by atoms with van der Waals surface area (Å²) in [5.74, 6) is -0.0523. The highest BCUT2D eigenvalue weighted by atomic mass is 32.2. The van der Waals surface area contributed by atoms with Gasteiger partial charge in [-0.05, 0) is 80.1 Å². The number of methoxy groups -OCH3 is 1. The molecule has 1 aliphatic carbocycles. The van der Waals surface area contributed by atoms with Gasteiger partial charge in [-0.2, -0.15) is 0 Å². The summed E-state index contributed by atoms with van der Waals surface area (Å²) < 4.78 is 34.7. The number of amides is 2. The van der Waals surface area contributed by atoms with Gasteiger partial charge in [0.05, 0.1) is 17.7 Å². The Labute approximate surface area is 249 Å². The van der Waals surface area contributed by atoms with Gasteiger partial charge in [-0.15, -0.1) is 0 Å². The zero-order valence-electron chi connectivity index (χ0n) is 24.9. The SMILES string of the molecule is CC[C@H](C(=O)NC1CCCC1)N(Cc1cccc(OC)c1)C(=O)CN(c1cc(C)ccc1C)S(=O)(=O)c1ccccc1. The van der Waals surface area contributed by atoms with E-state index in [4.69, 9.17) is 4.74 Å². The molecule has 0 saturated heterocycles. The third kappa shape index (κ3) is 7.31. The van der Waals surface area contributed by atoms with Crippen molar-refractivity contribution in [1.82, 2.24) is 10.2 Å². The first kappa shape index (κ1) is 31.1. The predicted octanol–water partition coefficient (Wildman–Crippen LogP) is 5.37. The largest absolute Gasteiger partial charge is 0.497 e. The predicted molar refractivity (Wildman–Crippen MR) is 165 cm³/mol. The standard InChI is InChI=1S/C33H41N3O5S/c1-5-30(33(38)34-27-13-9-10-14-27)35(22-26-12-11-15-28(21-26)41-4)32(37)23-36(31-20-24(2)18-19-25(31)3)42(39,40)29-16-7-6-8-17-29/h6-8,11-12,15-21,27,30H,5,9-10,13-14,22-23H2,1-4H3,(H,34,38)/t30-/m1/s1. The fourth-order valence-corrected chi connectivity index (χ4v) is 6.97. The van der Waals surface area contributed by atoms with E-state index in [0.29, 0.717) is 17.9 Å². The fourth-order valence-electron chi connectivity index (χ4n) is 5.48. The van der Waals surface area contributed by atoms with Crippen LogP contribution in [0.3, 0.4) is 0 Å². The maximum absolute atomic E-state index is 14.3. The first-order valence-electron chi connectivity index (χ1n) is 14.5. The van der Waals surface area contributed by atoms with Crippen LogP contribution in [0.25, 0.3) is 0 Å². The second-order valence-electron chi connectivity index (χ2n) is 10.9. The van der Waals surface area contributed by atoms with E-state index in [-0.39, 0.29) is 23.4 Å². The molecule has 9 heteroatoms. The number of aryl methyl sites for hydroxylation is 2. The maximum atomic E-state index is 14.3. The Morgan fingerprint density at radius 3 is 2.36 bits per heavy atom. The highest BCUT2D eigenvalue weighted by Gasteiger charge is 2.35. The number of carbonyl (C=O) groups excluding carboxylic acids is 2. The molecule has 1 saturated carbocycles. The average Bonchev–Trinajstić information content (AvgIpc) is 3.50. The summed E-state index contributed by atoms with van der Waals surface area (Å²) in [5, 5.41) is 3.14. The van der Waals surface area contributed by atoms with Crippen LogP contribution >= 0.6 is 0 Å². The van der Waals surface area contributed by atoms with Gasteiger partial charge in [-0.1, -0.05) is 62.2 Å². The van der Waals surface area contributed by atoms with Gasteiger partial charge < -0.3 is 15.0 Å². The molecule has 3 aromatic rings. The molecular formula is C33H41N3O5S. The van der Waals surface area contributed by atoms with Crippen molar-refractivity contribution in [2.45, 2.75) is 76.4 Å². The maximum Gasteiger partial charge on any atom is 0.264 e. The van der Waals surface area contributed by atoms with Crippen molar-refractivity contribution in [3.8, 4) is 5.75 Å². The van der Waals surface area contributed by atoms with Crippen LogP contribution < -0.4 is 14.4 Å². The normalized spacial score (nSPS) is 14.3. The Morgan fingerprint density at radius 1 is 0.976 bits per heavy atom. The van der Waals surface area contributed by atoms with Gasteiger partial charge in [0.2, 0.25) is 11.8 Å². The Balaban J connectivity index is 1.74. The lowest BCUT2D eigenvalue weighted by atomic mass is 10.1. The van der Waals surface area contributed by atoms with E-state index in [2.05, 4.69) is 5.32 Å². The quantitative estimate of drug-likeness (QED) is 0.305. The summed E-state index contributed by atoms with van der Waals surface area (Å²) in [5.41, 5.74) is 2.79. The number of ether oxygens (including phenoxy) is 1. The molecular weight excluding hydrogens is 550 g/mol. The molecule has 42 heavy (non-hydrogen) atoms. The monoisotopic (exact) mass is 591 g/mol. The molecule has 1 N–H and O–H groups in total. The number of nitrogens with one attached hydrogen (secondary N) is 1. The van der Waals surface area contributed by atoms with E-state index in [0.717, 1.165) is 42.4 Å². The third-order valence-electron chi connectivity index (χ3n) is 7.82. The summed E-state index contributed by atoms with van der Waals surface area (Å²) in [7, 11) is -2.54. The molecule has 0 spiro atoms. The zero-order chi connectivity index (χ0) is 30.3. The van der Waals surface area contributed by atoms with Crippen LogP contribution in [0, 0.1) is 13.8 Å². The van der Waals surface area contributed by atoms with Gasteiger partial charge in [0, 0.05) is 12.6 Å². The van der Waals surface area contributed by atoms with E-state index >= 15 is 0 Å². The first-order valence-corrected chi connectivity index (χ1v) is 16.0. The van der Waals surface area contributed by atoms with Gasteiger partial charge in [0.15, 0.2) is 0 Å². The van der Waals surface area contributed by atoms with E-state index in [1.807, 2.05) is 57.2 Å². The molecule has 1 fully saturated rings. The van der Waals surface area contributed by atoms with Crippen molar-refractivity contribution in [3.63, 3.8) is 0 Å². The van der Waals surface area contributed by atoms with Gasteiger partial charge >= 0.3 is 0 Å². The van der Waals surface area contributed by atoms with Gasteiger partial charge in [0.25, 0.3) is 10.0 Å². The number of carbonyl (C=O) groups is 2. The van der Waals surface area contributed by atoms with Crippen molar-refractivity contribution in [2.75, 3.05) is 18.0 Å². The van der Waals surface area contributed by atoms with Gasteiger partial charge in [0.1, 0.15) is 18.3 Å². The second kappa shape index (κ2) is 13.9. The molecule has 1 aliphatic rings. The Bertz CT molecular complexity index is 1490. The van der Waals surface area contributed by atoms with Crippen LogP contribution in [0.5, 0.6) is 5.75 Å². The smallest absolute Gasteiger partial charge is 0.264 e. The molecule has 1 atom stereocenters. The topological polar surface area (TPSA) is 96.0 Å². The van der Waals surface area contributed by atoms with Crippen LogP contribution in [0.15, 0.2) is 77.7 Å². The number of sulfonamides is 1. The molecule has 224 valence electrons. The van der Waals surface area contributed by atoms with Gasteiger partial charge in [-0.3, -0.25) is 13.9 Å². The fraction of sp³-hybridized carbons (Fsp3) is 0.394. The molecule has 0 radical (unpaired) electrons. The Kier molecular flexibility index (Phi) is 10.3. The second-order valence-corrected chi connectivity index (χ2v) is 12.8. The zero-order valence-corrected chi connectivity index (χ0v) is 25.7. The average molecular weight is 592 g/mol. The molecule has 8 nitrogen and oxygen atoms in total. The number of anilines is 1. The van der Waals surface area contributed by atoms with Crippen LogP contribution in [0.4, 0.5) is 5.69 Å². The molecule has 0 aliphatic heterocycles. The number of hydrogen-bond acceptors (Lipinski definition) is 5. The lowest BCUT2D eigenvalue weighted by molar-refractivity contribution is -0.140. The van der Waals surface area contributed by atoms with Gasteiger partial charge in [-0.25, -0.2) is 8.42 Å².